The van der Waals surface area contributed by atoms with Gasteiger partial charge in [-0.3, -0.25) is 10.1 Å². The molecule has 0 heterocycles. The summed E-state index contributed by atoms with van der Waals surface area (Å²) >= 11 is 0. The number of alkyl halides is 3. The van der Waals surface area contributed by atoms with Crippen LogP contribution in [-0.2, 0) is 16.2 Å². The van der Waals surface area contributed by atoms with Gasteiger partial charge in [-0.25, -0.2) is 12.8 Å². The van der Waals surface area contributed by atoms with Crippen LogP contribution in [0.4, 0.5) is 23.2 Å². The number of sulfonamides is 1. The van der Waals surface area contributed by atoms with Crippen molar-refractivity contribution >= 4 is 15.7 Å². The third-order valence-corrected chi connectivity index (χ3v) is 6.12. The molecule has 0 aliphatic rings. The van der Waals surface area contributed by atoms with Crippen LogP contribution >= 0.6 is 0 Å². The lowest BCUT2D eigenvalue weighted by molar-refractivity contribution is -0.384. The fourth-order valence-corrected chi connectivity index (χ4v) is 4.08. The molecule has 7 nitrogen and oxygen atoms in total. The van der Waals surface area contributed by atoms with Crippen LogP contribution in [0.2, 0.25) is 0 Å². The Balaban J connectivity index is 2.26. The summed E-state index contributed by atoms with van der Waals surface area (Å²) in [5.41, 5.74) is 4.16. The van der Waals surface area contributed by atoms with Crippen molar-refractivity contribution in [2.24, 2.45) is 5.73 Å². The average molecular weight is 435 g/mol. The van der Waals surface area contributed by atoms with Crippen molar-refractivity contribution in [3.63, 3.8) is 0 Å². The van der Waals surface area contributed by atoms with Crippen molar-refractivity contribution in [1.82, 2.24) is 4.31 Å². The molecule has 2 aromatic carbocycles. The van der Waals surface area contributed by atoms with Gasteiger partial charge in [0, 0.05) is 31.3 Å². The lowest BCUT2D eigenvalue weighted by atomic mass is 10.0. The van der Waals surface area contributed by atoms with E-state index >= 15 is 0 Å². The molecule has 0 aromatic heterocycles. The first-order valence-electron chi connectivity index (χ1n) is 8.24. The molecule has 0 aliphatic heterocycles. The summed E-state index contributed by atoms with van der Waals surface area (Å²) in [6.07, 6.45) is -4.86. The first kappa shape index (κ1) is 22.7. The van der Waals surface area contributed by atoms with Crippen molar-refractivity contribution in [3.8, 4) is 0 Å². The van der Waals surface area contributed by atoms with E-state index in [1.54, 1.807) is 0 Å². The number of nitrogens with two attached hydrogens (primary N) is 1. The quantitative estimate of drug-likeness (QED) is 0.407. The molecule has 12 heteroatoms. The molecule has 0 amide bonds. The van der Waals surface area contributed by atoms with Crippen LogP contribution in [0.25, 0.3) is 0 Å². The Labute approximate surface area is 163 Å². The number of non-ortho nitro benzene ring substituents is 1. The summed E-state index contributed by atoms with van der Waals surface area (Å²) in [5.74, 6) is -1.51. The first-order chi connectivity index (χ1) is 13.4. The fourth-order valence-electron chi connectivity index (χ4n) is 2.60. The SMILES string of the molecule is CCN(C[C@H](N)c1ccc(C(F)(F)F)c(F)c1)S(=O)(=O)c1ccc([N+](=O)[O-])cc1. The van der Waals surface area contributed by atoms with Crippen molar-refractivity contribution in [1.29, 1.82) is 0 Å². The van der Waals surface area contributed by atoms with E-state index in [1.807, 2.05) is 0 Å². The molecule has 0 unspecified atom stereocenters. The number of likely N-dealkylation sites (N-methyl/N-ethyl adjacent to an activating group) is 1. The summed E-state index contributed by atoms with van der Waals surface area (Å²) in [7, 11) is -4.08. The van der Waals surface area contributed by atoms with Gasteiger partial charge in [-0.2, -0.15) is 17.5 Å². The Morgan fingerprint density at radius 1 is 1.17 bits per heavy atom. The molecule has 0 saturated carbocycles. The topological polar surface area (TPSA) is 107 Å². The number of hydrogen-bond donors (Lipinski definition) is 1. The van der Waals surface area contributed by atoms with E-state index in [0.717, 1.165) is 34.6 Å². The van der Waals surface area contributed by atoms with Gasteiger partial charge in [0.25, 0.3) is 5.69 Å². The molecule has 2 N–H and O–H groups in total. The van der Waals surface area contributed by atoms with Crippen LogP contribution in [0.1, 0.15) is 24.1 Å². The number of hydrogen-bond acceptors (Lipinski definition) is 5. The molecule has 0 aliphatic carbocycles. The molecule has 0 radical (unpaired) electrons. The minimum atomic E-state index is -4.86. The van der Waals surface area contributed by atoms with Gasteiger partial charge in [0.2, 0.25) is 10.0 Å². The maximum atomic E-state index is 13.8. The highest BCUT2D eigenvalue weighted by Crippen LogP contribution is 2.32. The van der Waals surface area contributed by atoms with Crippen LogP contribution in [-0.4, -0.2) is 30.7 Å². The molecule has 0 saturated heterocycles. The highest BCUT2D eigenvalue weighted by Gasteiger charge is 2.34. The zero-order valence-corrected chi connectivity index (χ0v) is 15.9. The standard InChI is InChI=1S/C17H17F4N3O4S/c1-2-23(29(27,28)13-6-4-12(5-7-13)24(25)26)10-16(22)11-3-8-14(15(18)9-11)17(19,20)21/h3-9,16H,2,10,22H2,1H3/t16-/m0/s1. The van der Waals surface area contributed by atoms with Gasteiger partial charge < -0.3 is 5.73 Å². The third-order valence-electron chi connectivity index (χ3n) is 4.17. The maximum Gasteiger partial charge on any atom is 0.419 e. The number of nitrogens with zero attached hydrogens (tertiary/aromatic N) is 2. The largest absolute Gasteiger partial charge is 0.419 e. The van der Waals surface area contributed by atoms with Crippen LogP contribution in [0, 0.1) is 15.9 Å². The number of halogens is 4. The smallest absolute Gasteiger partial charge is 0.323 e. The molecular weight excluding hydrogens is 418 g/mol. The Morgan fingerprint density at radius 3 is 2.21 bits per heavy atom. The third kappa shape index (κ3) is 5.08. The van der Waals surface area contributed by atoms with E-state index < -0.39 is 38.5 Å². The van der Waals surface area contributed by atoms with E-state index in [0.29, 0.717) is 12.1 Å². The lowest BCUT2D eigenvalue weighted by Crippen LogP contribution is -2.37. The molecule has 0 spiro atoms. The van der Waals surface area contributed by atoms with E-state index in [-0.39, 0.29) is 29.2 Å². The summed E-state index contributed by atoms with van der Waals surface area (Å²) in [6, 6.07) is 5.27. The maximum absolute atomic E-state index is 13.8. The number of nitro benzene ring substituents is 1. The highest BCUT2D eigenvalue weighted by molar-refractivity contribution is 7.89. The van der Waals surface area contributed by atoms with Gasteiger partial charge in [-0.15, -0.1) is 0 Å². The van der Waals surface area contributed by atoms with Crippen LogP contribution in [0.15, 0.2) is 47.4 Å². The zero-order valence-electron chi connectivity index (χ0n) is 15.1. The number of nitro groups is 1. The van der Waals surface area contributed by atoms with Gasteiger partial charge in [0.1, 0.15) is 5.82 Å². The lowest BCUT2D eigenvalue weighted by Gasteiger charge is -2.24. The average Bonchev–Trinajstić information content (AvgIpc) is 2.64. The Kier molecular flexibility index (Phi) is 6.60. The molecule has 2 rings (SSSR count). The van der Waals surface area contributed by atoms with Crippen LogP contribution < -0.4 is 5.73 Å². The summed E-state index contributed by atoms with van der Waals surface area (Å²) in [5, 5.41) is 10.7. The second kappa shape index (κ2) is 8.43. The van der Waals surface area contributed by atoms with E-state index in [9.17, 15) is 36.1 Å². The molecule has 158 valence electrons. The number of benzene rings is 2. The Bertz CT molecular complexity index is 995. The zero-order chi connectivity index (χ0) is 22.0. The molecule has 2 aromatic rings. The Morgan fingerprint density at radius 2 is 1.76 bits per heavy atom. The molecule has 0 fully saturated rings. The van der Waals surface area contributed by atoms with Crippen molar-refractivity contribution in [3.05, 3.63) is 69.5 Å². The monoisotopic (exact) mass is 435 g/mol. The summed E-state index contributed by atoms with van der Waals surface area (Å²) in [6.45, 7) is 1.15. The normalized spacial score (nSPS) is 13.5. The molecule has 29 heavy (non-hydrogen) atoms. The number of rotatable bonds is 7. The summed E-state index contributed by atoms with van der Waals surface area (Å²) < 4.78 is 78.2. The van der Waals surface area contributed by atoms with Gasteiger partial charge in [0.05, 0.1) is 15.4 Å². The van der Waals surface area contributed by atoms with E-state index in [1.165, 1.54) is 6.92 Å². The predicted molar refractivity (Wildman–Crippen MR) is 95.9 cm³/mol. The predicted octanol–water partition coefficient (Wildman–Crippen LogP) is 3.46. The van der Waals surface area contributed by atoms with Crippen molar-refractivity contribution in [2.45, 2.75) is 24.0 Å². The van der Waals surface area contributed by atoms with E-state index in [4.69, 9.17) is 5.73 Å². The Hall–Kier alpha value is -2.57. The van der Waals surface area contributed by atoms with Crippen LogP contribution in [0.3, 0.4) is 0 Å². The second-order valence-corrected chi connectivity index (χ2v) is 7.99. The van der Waals surface area contributed by atoms with Gasteiger partial charge in [-0.05, 0) is 29.8 Å². The fraction of sp³-hybridized carbons (Fsp3) is 0.294. The first-order valence-corrected chi connectivity index (χ1v) is 9.68. The highest BCUT2D eigenvalue weighted by atomic mass is 32.2. The minimum absolute atomic E-state index is 0.00662. The van der Waals surface area contributed by atoms with Gasteiger partial charge in [0.15, 0.2) is 0 Å². The van der Waals surface area contributed by atoms with Crippen LogP contribution in [0.5, 0.6) is 0 Å². The molecule has 0 bridgehead atoms. The van der Waals surface area contributed by atoms with Crippen molar-refractivity contribution in [2.75, 3.05) is 13.1 Å². The van der Waals surface area contributed by atoms with Crippen molar-refractivity contribution < 1.29 is 30.9 Å². The van der Waals surface area contributed by atoms with Gasteiger partial charge in [-0.1, -0.05) is 13.0 Å². The summed E-state index contributed by atoms with van der Waals surface area (Å²) in [4.78, 5) is 9.81. The minimum Gasteiger partial charge on any atom is -0.323 e. The molecule has 1 atom stereocenters. The molecular formula is C17H17F4N3O4S. The van der Waals surface area contributed by atoms with E-state index in [2.05, 4.69) is 0 Å². The van der Waals surface area contributed by atoms with Gasteiger partial charge >= 0.3 is 6.18 Å². The second-order valence-electron chi connectivity index (χ2n) is 6.05.